The van der Waals surface area contributed by atoms with E-state index in [4.69, 9.17) is 0 Å². The van der Waals surface area contributed by atoms with E-state index >= 15 is 0 Å². The molecule has 142 valence electrons. The summed E-state index contributed by atoms with van der Waals surface area (Å²) in [6.45, 7) is 12.5. The maximum Gasteiger partial charge on any atom is 0.223 e. The first-order chi connectivity index (χ1) is 12.3. The molecule has 1 aliphatic rings. The van der Waals surface area contributed by atoms with Crippen molar-refractivity contribution in [2.45, 2.75) is 46.2 Å². The van der Waals surface area contributed by atoms with E-state index in [9.17, 15) is 14.0 Å². The molecule has 1 rings (SSSR count). The van der Waals surface area contributed by atoms with E-state index in [0.29, 0.717) is 24.8 Å². The minimum absolute atomic E-state index is 0.00561. The summed E-state index contributed by atoms with van der Waals surface area (Å²) < 4.78 is 13.5. The Balaban J connectivity index is 2.82. The lowest BCUT2D eigenvalue weighted by Crippen LogP contribution is -2.44. The zero-order valence-corrected chi connectivity index (χ0v) is 15.8. The highest BCUT2D eigenvalue weighted by atomic mass is 19.1. The Hall–Kier alpha value is -2.63. The number of halogens is 1. The lowest BCUT2D eigenvalue weighted by Gasteiger charge is -2.30. The molecule has 0 aromatic heterocycles. The van der Waals surface area contributed by atoms with Gasteiger partial charge in [0.25, 0.3) is 0 Å². The van der Waals surface area contributed by atoms with Crippen molar-refractivity contribution in [2.24, 2.45) is 0 Å². The molecule has 2 amide bonds. The first kappa shape index (κ1) is 21.4. The van der Waals surface area contributed by atoms with Crippen molar-refractivity contribution in [3.63, 3.8) is 0 Å². The van der Waals surface area contributed by atoms with Gasteiger partial charge in [0.05, 0.1) is 12.7 Å². The van der Waals surface area contributed by atoms with E-state index in [1.54, 1.807) is 0 Å². The van der Waals surface area contributed by atoms with Gasteiger partial charge in [-0.3, -0.25) is 9.59 Å². The van der Waals surface area contributed by atoms with Gasteiger partial charge in [0.1, 0.15) is 5.83 Å². The quantitative estimate of drug-likeness (QED) is 0.356. The minimum atomic E-state index is -0.587. The second-order valence-electron chi connectivity index (χ2n) is 6.16. The molecule has 0 saturated carbocycles. The standard InChI is InChI=1S/C20H28FN3O2/c1-6-8-17(15(4)21)12-24(13-25)16(5)22-19-10-9-18(11-14(19)3)23-20(26)7-2/h6,8,11,13,16,22H,1,4,7,9-10,12H2,2-3,5H3,(H,23,26)/b17-8-. The van der Waals surface area contributed by atoms with Crippen LogP contribution in [0, 0.1) is 0 Å². The smallest absolute Gasteiger partial charge is 0.223 e. The van der Waals surface area contributed by atoms with Crippen LogP contribution in [0.15, 0.2) is 59.8 Å². The van der Waals surface area contributed by atoms with Crippen molar-refractivity contribution in [1.29, 1.82) is 0 Å². The average Bonchev–Trinajstić information content (AvgIpc) is 2.60. The topological polar surface area (TPSA) is 61.4 Å². The van der Waals surface area contributed by atoms with Gasteiger partial charge in [0, 0.05) is 23.4 Å². The van der Waals surface area contributed by atoms with Crippen LogP contribution in [0.2, 0.25) is 0 Å². The summed E-state index contributed by atoms with van der Waals surface area (Å²) in [6, 6.07) is 0. The maximum absolute atomic E-state index is 13.5. The van der Waals surface area contributed by atoms with Crippen molar-refractivity contribution < 1.29 is 14.0 Å². The summed E-state index contributed by atoms with van der Waals surface area (Å²) in [6.07, 6.45) is 7.13. The molecule has 0 spiro atoms. The fourth-order valence-electron chi connectivity index (χ4n) is 2.60. The first-order valence-corrected chi connectivity index (χ1v) is 8.66. The number of nitrogens with one attached hydrogen (secondary N) is 2. The molecule has 0 aromatic rings. The van der Waals surface area contributed by atoms with Gasteiger partial charge < -0.3 is 15.5 Å². The fraction of sp³-hybridized carbons (Fsp3) is 0.400. The molecule has 0 fully saturated rings. The zero-order chi connectivity index (χ0) is 19.7. The molecule has 0 saturated heterocycles. The number of allylic oxidation sites excluding steroid dienone is 6. The van der Waals surface area contributed by atoms with Crippen molar-refractivity contribution in [1.82, 2.24) is 15.5 Å². The average molecular weight is 361 g/mol. The third kappa shape index (κ3) is 6.35. The Morgan fingerprint density at radius 2 is 2.15 bits per heavy atom. The Labute approximate surface area is 155 Å². The Morgan fingerprint density at radius 3 is 2.65 bits per heavy atom. The van der Waals surface area contributed by atoms with Crippen LogP contribution in [0.5, 0.6) is 0 Å². The van der Waals surface area contributed by atoms with Crippen LogP contribution in [-0.4, -0.2) is 29.9 Å². The van der Waals surface area contributed by atoms with Gasteiger partial charge >= 0.3 is 0 Å². The molecule has 1 aliphatic carbocycles. The van der Waals surface area contributed by atoms with E-state index in [1.165, 1.54) is 17.1 Å². The van der Waals surface area contributed by atoms with Gasteiger partial charge in [-0.05, 0) is 38.3 Å². The van der Waals surface area contributed by atoms with Gasteiger partial charge in [-0.2, -0.15) is 0 Å². The predicted molar refractivity (Wildman–Crippen MR) is 102 cm³/mol. The molecule has 0 aromatic carbocycles. The zero-order valence-electron chi connectivity index (χ0n) is 15.8. The molecule has 0 aliphatic heterocycles. The highest BCUT2D eigenvalue weighted by molar-refractivity contribution is 5.77. The monoisotopic (exact) mass is 361 g/mol. The molecule has 1 atom stereocenters. The van der Waals surface area contributed by atoms with Crippen LogP contribution in [0.1, 0.15) is 40.0 Å². The number of amides is 2. The molecule has 6 heteroatoms. The second-order valence-corrected chi connectivity index (χ2v) is 6.16. The molecule has 26 heavy (non-hydrogen) atoms. The van der Waals surface area contributed by atoms with Crippen molar-refractivity contribution in [2.75, 3.05) is 6.54 Å². The number of hydrogen-bond acceptors (Lipinski definition) is 3. The van der Waals surface area contributed by atoms with Crippen molar-refractivity contribution >= 4 is 12.3 Å². The Kier molecular flexibility index (Phi) is 8.55. The van der Waals surface area contributed by atoms with Crippen LogP contribution in [-0.2, 0) is 9.59 Å². The van der Waals surface area contributed by atoms with E-state index in [2.05, 4.69) is 23.8 Å². The SMILES string of the molecule is C=C/C=C(/CN(C=O)C(C)NC1=C(C)C=C(NC(=O)CC)CC1)C(=C)F. The van der Waals surface area contributed by atoms with E-state index in [0.717, 1.165) is 23.4 Å². The van der Waals surface area contributed by atoms with E-state index in [1.807, 2.05) is 26.8 Å². The maximum atomic E-state index is 13.5. The summed E-state index contributed by atoms with van der Waals surface area (Å²) in [5.41, 5.74) is 3.19. The highest BCUT2D eigenvalue weighted by Crippen LogP contribution is 2.22. The molecule has 0 bridgehead atoms. The number of nitrogens with zero attached hydrogens (tertiary/aromatic N) is 1. The minimum Gasteiger partial charge on any atom is -0.368 e. The Morgan fingerprint density at radius 1 is 1.46 bits per heavy atom. The molecule has 1 unspecified atom stereocenters. The number of hydrogen-bond donors (Lipinski definition) is 2. The van der Waals surface area contributed by atoms with Crippen molar-refractivity contribution in [3.05, 3.63) is 59.8 Å². The van der Waals surface area contributed by atoms with Crippen LogP contribution >= 0.6 is 0 Å². The number of rotatable bonds is 10. The number of carbonyl (C=O) groups excluding carboxylic acids is 2. The van der Waals surface area contributed by atoms with Gasteiger partial charge in [-0.25, -0.2) is 4.39 Å². The van der Waals surface area contributed by atoms with Crippen molar-refractivity contribution in [3.8, 4) is 0 Å². The second kappa shape index (κ2) is 10.4. The highest BCUT2D eigenvalue weighted by Gasteiger charge is 2.18. The summed E-state index contributed by atoms with van der Waals surface area (Å²) in [5, 5.41) is 6.19. The Bertz CT molecular complexity index is 662. The molecular formula is C20H28FN3O2. The number of carbonyl (C=O) groups is 2. The lowest BCUT2D eigenvalue weighted by atomic mass is 10.0. The first-order valence-electron chi connectivity index (χ1n) is 8.66. The van der Waals surface area contributed by atoms with E-state index < -0.39 is 5.83 Å². The van der Waals surface area contributed by atoms with Gasteiger partial charge in [0.2, 0.25) is 12.3 Å². The van der Waals surface area contributed by atoms with Gasteiger partial charge in [0.15, 0.2) is 0 Å². The summed E-state index contributed by atoms with van der Waals surface area (Å²) in [5.74, 6) is -0.592. The van der Waals surface area contributed by atoms with E-state index in [-0.39, 0.29) is 18.6 Å². The third-order valence-electron chi connectivity index (χ3n) is 4.17. The summed E-state index contributed by atoms with van der Waals surface area (Å²) in [4.78, 5) is 24.4. The predicted octanol–water partition coefficient (Wildman–Crippen LogP) is 3.45. The summed E-state index contributed by atoms with van der Waals surface area (Å²) >= 11 is 0. The molecule has 2 N–H and O–H groups in total. The van der Waals surface area contributed by atoms with Gasteiger partial charge in [-0.15, -0.1) is 0 Å². The molecular weight excluding hydrogens is 333 g/mol. The fourth-order valence-corrected chi connectivity index (χ4v) is 2.60. The normalized spacial score (nSPS) is 15.7. The third-order valence-corrected chi connectivity index (χ3v) is 4.17. The van der Waals surface area contributed by atoms with Crippen LogP contribution < -0.4 is 10.6 Å². The van der Waals surface area contributed by atoms with Crippen LogP contribution in [0.3, 0.4) is 0 Å². The summed E-state index contributed by atoms with van der Waals surface area (Å²) in [7, 11) is 0. The molecule has 0 heterocycles. The van der Waals surface area contributed by atoms with Crippen LogP contribution in [0.4, 0.5) is 4.39 Å². The largest absolute Gasteiger partial charge is 0.368 e. The molecule has 5 nitrogen and oxygen atoms in total. The molecule has 0 radical (unpaired) electrons. The van der Waals surface area contributed by atoms with Crippen LogP contribution in [0.25, 0.3) is 0 Å². The lowest BCUT2D eigenvalue weighted by molar-refractivity contribution is -0.120. The van der Waals surface area contributed by atoms with Gasteiger partial charge in [-0.1, -0.05) is 32.2 Å².